The van der Waals surface area contributed by atoms with Gasteiger partial charge in [0.1, 0.15) is 0 Å². The number of benzene rings is 2. The van der Waals surface area contributed by atoms with Crippen molar-refractivity contribution in [2.24, 2.45) is 0 Å². The number of ketones is 1. The van der Waals surface area contributed by atoms with E-state index in [4.69, 9.17) is 0 Å². The highest BCUT2D eigenvalue weighted by molar-refractivity contribution is 7.92. The summed E-state index contributed by atoms with van der Waals surface area (Å²) < 4.78 is 29.5. The third-order valence-corrected chi connectivity index (χ3v) is 8.22. The van der Waals surface area contributed by atoms with Gasteiger partial charge in [0, 0.05) is 18.3 Å². The zero-order chi connectivity index (χ0) is 23.7. The van der Waals surface area contributed by atoms with Gasteiger partial charge in [0.2, 0.25) is 5.78 Å². The smallest absolute Gasteiger partial charge is 0.264 e. The molecular weight excluding hydrogens is 468 g/mol. The van der Waals surface area contributed by atoms with Gasteiger partial charge in [-0.3, -0.25) is 9.10 Å². The van der Waals surface area contributed by atoms with Crippen molar-refractivity contribution in [3.63, 3.8) is 0 Å². The van der Waals surface area contributed by atoms with Crippen LogP contribution in [0.3, 0.4) is 0 Å². The minimum atomic E-state index is -3.72. The Kier molecular flexibility index (Phi) is 5.72. The van der Waals surface area contributed by atoms with E-state index in [-0.39, 0.29) is 17.2 Å². The molecule has 170 valence electrons. The number of fused-ring (bicyclic) bond motifs is 1. The summed E-state index contributed by atoms with van der Waals surface area (Å²) in [5.41, 5.74) is 2.86. The van der Waals surface area contributed by atoms with E-state index in [1.807, 2.05) is 17.5 Å². The maximum absolute atomic E-state index is 13.3. The predicted octanol–water partition coefficient (Wildman–Crippen LogP) is 4.90. The van der Waals surface area contributed by atoms with Crippen LogP contribution in [0.25, 0.3) is 16.9 Å². The molecule has 9 heteroatoms. The van der Waals surface area contributed by atoms with Crippen LogP contribution in [0.4, 0.5) is 5.69 Å². The predicted molar refractivity (Wildman–Crippen MR) is 133 cm³/mol. The normalized spacial score (nSPS) is 11.6. The number of carbonyl (C=O) groups excluding carboxylic acids is 1. The van der Waals surface area contributed by atoms with Gasteiger partial charge >= 0.3 is 0 Å². The summed E-state index contributed by atoms with van der Waals surface area (Å²) in [4.78, 5) is 18.1. The molecule has 3 aromatic heterocycles. The number of hydrogen-bond acceptors (Lipinski definition) is 6. The summed E-state index contributed by atoms with van der Waals surface area (Å²) in [5, 5.41) is 6.28. The molecule has 34 heavy (non-hydrogen) atoms. The Labute approximate surface area is 201 Å². The van der Waals surface area contributed by atoms with Crippen molar-refractivity contribution in [2.45, 2.75) is 11.8 Å². The molecule has 0 bridgehead atoms. The average Bonchev–Trinajstić information content (AvgIpc) is 3.55. The van der Waals surface area contributed by atoms with Crippen molar-refractivity contribution in [1.29, 1.82) is 0 Å². The number of thiophene rings is 1. The summed E-state index contributed by atoms with van der Waals surface area (Å²) in [6, 6.07) is 21.0. The molecule has 7 nitrogen and oxygen atoms in total. The zero-order valence-corrected chi connectivity index (χ0v) is 19.8. The fourth-order valence-electron chi connectivity index (χ4n) is 3.84. The van der Waals surface area contributed by atoms with E-state index in [0.717, 1.165) is 5.56 Å². The van der Waals surface area contributed by atoms with E-state index >= 15 is 0 Å². The van der Waals surface area contributed by atoms with Crippen LogP contribution in [0.1, 0.15) is 22.2 Å². The zero-order valence-electron chi connectivity index (χ0n) is 18.2. The second-order valence-corrected chi connectivity index (χ2v) is 10.3. The molecule has 0 atom stereocenters. The molecule has 5 rings (SSSR count). The van der Waals surface area contributed by atoms with E-state index in [1.165, 1.54) is 21.8 Å². The summed E-state index contributed by atoms with van der Waals surface area (Å²) in [7, 11) is -3.72. The number of anilines is 1. The summed E-state index contributed by atoms with van der Waals surface area (Å²) in [6.45, 7) is 2.07. The average molecular weight is 489 g/mol. The lowest BCUT2D eigenvalue weighted by Gasteiger charge is -2.23. The highest BCUT2D eigenvalue weighted by atomic mass is 32.2. The molecule has 0 saturated carbocycles. The summed E-state index contributed by atoms with van der Waals surface area (Å²) >= 11 is 1.37. The number of aromatic nitrogens is 3. The Bertz CT molecular complexity index is 1580. The number of hydrogen-bond donors (Lipinski definition) is 0. The maximum Gasteiger partial charge on any atom is 0.264 e. The standard InChI is InChI=1S/C25H20N4O3S2/c1-2-28(34(31,32)20-10-4-3-5-11-20)19-9-6-8-18(16-19)22-13-14-26-25-21(17-27-29(22)25)24(30)23-12-7-15-33-23/h3-17H,2H2,1H3. The van der Waals surface area contributed by atoms with E-state index in [2.05, 4.69) is 10.1 Å². The number of nitrogens with zero attached hydrogens (tertiary/aromatic N) is 4. The quantitative estimate of drug-likeness (QED) is 0.304. The van der Waals surface area contributed by atoms with Crippen LogP contribution in [-0.4, -0.2) is 35.3 Å². The monoisotopic (exact) mass is 488 g/mol. The molecular formula is C25H20N4O3S2. The topological polar surface area (TPSA) is 84.6 Å². The lowest BCUT2D eigenvalue weighted by Crippen LogP contribution is -2.30. The second-order valence-electron chi connectivity index (χ2n) is 7.46. The van der Waals surface area contributed by atoms with Crippen LogP contribution in [0.2, 0.25) is 0 Å². The van der Waals surface area contributed by atoms with E-state index in [1.54, 1.807) is 78.3 Å². The van der Waals surface area contributed by atoms with Crippen LogP contribution in [0.15, 0.2) is 95.5 Å². The molecule has 0 radical (unpaired) electrons. The Morgan fingerprint density at radius 1 is 1.03 bits per heavy atom. The van der Waals surface area contributed by atoms with Crippen LogP contribution in [-0.2, 0) is 10.0 Å². The van der Waals surface area contributed by atoms with Gasteiger partial charge in [-0.25, -0.2) is 17.9 Å². The summed E-state index contributed by atoms with van der Waals surface area (Å²) in [5.74, 6) is -0.130. The number of rotatable bonds is 7. The number of sulfonamides is 1. The van der Waals surface area contributed by atoms with Crippen LogP contribution in [0, 0.1) is 0 Å². The van der Waals surface area contributed by atoms with Crippen molar-refractivity contribution in [2.75, 3.05) is 10.8 Å². The summed E-state index contributed by atoms with van der Waals surface area (Å²) in [6.07, 6.45) is 3.15. The molecule has 0 spiro atoms. The lowest BCUT2D eigenvalue weighted by molar-refractivity contribution is 0.104. The van der Waals surface area contributed by atoms with Crippen molar-refractivity contribution < 1.29 is 13.2 Å². The van der Waals surface area contributed by atoms with Gasteiger partial charge in [-0.15, -0.1) is 11.3 Å². The fourth-order valence-corrected chi connectivity index (χ4v) is 6.01. The van der Waals surface area contributed by atoms with E-state index in [0.29, 0.717) is 27.5 Å². The van der Waals surface area contributed by atoms with E-state index < -0.39 is 10.0 Å². The molecule has 0 saturated heterocycles. The molecule has 0 amide bonds. The fraction of sp³-hybridized carbons (Fsp3) is 0.0800. The van der Waals surface area contributed by atoms with Crippen molar-refractivity contribution in [3.8, 4) is 11.3 Å². The van der Waals surface area contributed by atoms with Gasteiger partial charge in [0.25, 0.3) is 10.0 Å². The van der Waals surface area contributed by atoms with E-state index in [9.17, 15) is 13.2 Å². The third kappa shape index (κ3) is 3.78. The first-order chi connectivity index (χ1) is 16.5. The molecule has 0 aliphatic carbocycles. The molecule has 0 unspecified atom stereocenters. The maximum atomic E-state index is 13.3. The minimum Gasteiger partial charge on any atom is -0.287 e. The van der Waals surface area contributed by atoms with Crippen LogP contribution in [0.5, 0.6) is 0 Å². The first-order valence-corrected chi connectivity index (χ1v) is 12.9. The molecule has 0 aliphatic heterocycles. The minimum absolute atomic E-state index is 0.130. The van der Waals surface area contributed by atoms with Crippen molar-refractivity contribution >= 4 is 38.5 Å². The first kappa shape index (κ1) is 22.0. The van der Waals surface area contributed by atoms with Gasteiger partial charge in [0.15, 0.2) is 5.65 Å². The van der Waals surface area contributed by atoms with Crippen LogP contribution >= 0.6 is 11.3 Å². The molecule has 2 aromatic carbocycles. The molecule has 5 aromatic rings. The second kappa shape index (κ2) is 8.85. The first-order valence-electron chi connectivity index (χ1n) is 10.6. The van der Waals surface area contributed by atoms with Gasteiger partial charge in [-0.1, -0.05) is 36.4 Å². The Balaban J connectivity index is 1.57. The Morgan fingerprint density at radius 3 is 2.59 bits per heavy atom. The van der Waals surface area contributed by atoms with Crippen molar-refractivity contribution in [3.05, 3.63) is 101 Å². The molecule has 0 aliphatic rings. The molecule has 3 heterocycles. The van der Waals surface area contributed by atoms with Gasteiger partial charge < -0.3 is 0 Å². The largest absolute Gasteiger partial charge is 0.287 e. The Morgan fingerprint density at radius 2 is 1.85 bits per heavy atom. The SMILES string of the molecule is CCN(c1cccc(-c2ccnc3c(C(=O)c4cccs4)cnn23)c1)S(=O)(=O)c1ccccc1. The number of carbonyl (C=O) groups is 1. The molecule has 0 N–H and O–H groups in total. The third-order valence-electron chi connectivity index (χ3n) is 5.44. The lowest BCUT2D eigenvalue weighted by atomic mass is 10.1. The molecule has 0 fully saturated rings. The van der Waals surface area contributed by atoms with Crippen molar-refractivity contribution in [1.82, 2.24) is 14.6 Å². The highest BCUT2D eigenvalue weighted by Crippen LogP contribution is 2.29. The van der Waals surface area contributed by atoms with Gasteiger partial charge in [-0.2, -0.15) is 5.10 Å². The Hall–Kier alpha value is -3.82. The van der Waals surface area contributed by atoms with Gasteiger partial charge in [0.05, 0.1) is 32.9 Å². The van der Waals surface area contributed by atoms with Crippen LogP contribution < -0.4 is 4.31 Å². The highest BCUT2D eigenvalue weighted by Gasteiger charge is 2.24. The van der Waals surface area contributed by atoms with Gasteiger partial charge in [-0.05, 0) is 48.7 Å².